The molecule has 1 aromatic heterocycles. The van der Waals surface area contributed by atoms with Gasteiger partial charge in [0.15, 0.2) is 0 Å². The number of nitrogens with one attached hydrogen (secondary N) is 2. The van der Waals surface area contributed by atoms with E-state index in [4.69, 9.17) is 4.74 Å². The Morgan fingerprint density at radius 2 is 2.17 bits per heavy atom. The van der Waals surface area contributed by atoms with Crippen molar-refractivity contribution in [2.75, 3.05) is 44.4 Å². The van der Waals surface area contributed by atoms with Crippen molar-refractivity contribution in [3.05, 3.63) is 17.5 Å². The summed E-state index contributed by atoms with van der Waals surface area (Å²) in [5, 5.41) is 11.2. The van der Waals surface area contributed by atoms with Gasteiger partial charge >= 0.3 is 0 Å². The molecule has 0 spiro atoms. The molecule has 0 aliphatic carbocycles. The zero-order valence-electron chi connectivity index (χ0n) is 14.7. The van der Waals surface area contributed by atoms with E-state index >= 15 is 0 Å². The predicted octanol–water partition coefficient (Wildman–Crippen LogP) is 2.00. The van der Waals surface area contributed by atoms with E-state index in [0.29, 0.717) is 5.54 Å². The lowest BCUT2D eigenvalue weighted by molar-refractivity contribution is -0.0134. The average molecular weight is 339 g/mol. The first-order valence-electron chi connectivity index (χ1n) is 8.65. The van der Waals surface area contributed by atoms with Crippen molar-refractivity contribution in [3.8, 4) is 0 Å². The fourth-order valence-electron chi connectivity index (χ4n) is 3.66. The van der Waals surface area contributed by atoms with Gasteiger partial charge in [0.25, 0.3) is 0 Å². The van der Waals surface area contributed by atoms with Crippen LogP contribution in [0.1, 0.15) is 38.4 Å². The fourth-order valence-corrected chi connectivity index (χ4v) is 5.14. The zero-order valence-corrected chi connectivity index (χ0v) is 15.5. The van der Waals surface area contributed by atoms with Gasteiger partial charge in [-0.25, -0.2) is 0 Å². The van der Waals surface area contributed by atoms with Gasteiger partial charge in [-0.15, -0.1) is 0 Å². The highest BCUT2D eigenvalue weighted by Crippen LogP contribution is 2.33. The molecule has 2 aliphatic heterocycles. The second kappa shape index (κ2) is 7.13. The lowest BCUT2D eigenvalue weighted by Crippen LogP contribution is -2.58. The summed E-state index contributed by atoms with van der Waals surface area (Å²) >= 11 is 2.09. The minimum absolute atomic E-state index is 0.110. The summed E-state index contributed by atoms with van der Waals surface area (Å²) in [6.07, 6.45) is 3.25. The van der Waals surface area contributed by atoms with E-state index < -0.39 is 0 Å². The summed E-state index contributed by atoms with van der Waals surface area (Å²) in [5.74, 6) is 2.51. The molecule has 2 aliphatic rings. The first-order chi connectivity index (χ1) is 11.0. The van der Waals surface area contributed by atoms with Crippen LogP contribution in [0.25, 0.3) is 0 Å². The van der Waals surface area contributed by atoms with E-state index in [1.807, 2.05) is 6.20 Å². The Bertz CT molecular complexity index is 499. The Balaban J connectivity index is 1.61. The van der Waals surface area contributed by atoms with Crippen LogP contribution < -0.4 is 5.32 Å². The van der Waals surface area contributed by atoms with E-state index in [2.05, 4.69) is 52.9 Å². The number of H-pyrrole nitrogens is 1. The fraction of sp³-hybridized carbons (Fsp3) is 0.824. The molecule has 3 rings (SSSR count). The molecule has 130 valence electrons. The van der Waals surface area contributed by atoms with Crippen LogP contribution in [0, 0.1) is 0 Å². The molecule has 0 radical (unpaired) electrons. The number of hydrogen-bond donors (Lipinski definition) is 2. The summed E-state index contributed by atoms with van der Waals surface area (Å²) in [5.41, 5.74) is 2.95. The van der Waals surface area contributed by atoms with Crippen LogP contribution >= 0.6 is 11.8 Å². The maximum Gasteiger partial charge on any atom is 0.0594 e. The highest BCUT2D eigenvalue weighted by molar-refractivity contribution is 7.99. The summed E-state index contributed by atoms with van der Waals surface area (Å²) in [6, 6.07) is 0. The van der Waals surface area contributed by atoms with Gasteiger partial charge in [-0.2, -0.15) is 16.9 Å². The number of aromatic nitrogens is 2. The molecule has 3 heterocycles. The summed E-state index contributed by atoms with van der Waals surface area (Å²) in [6.45, 7) is 12.5. The van der Waals surface area contributed by atoms with Crippen LogP contribution in [0.4, 0.5) is 0 Å². The van der Waals surface area contributed by atoms with Gasteiger partial charge in [0.05, 0.1) is 19.4 Å². The summed E-state index contributed by atoms with van der Waals surface area (Å²) in [4.78, 5) is 2.66. The lowest BCUT2D eigenvalue weighted by atomic mass is 9.89. The standard InChI is InChI=1S/C17H30N4OS/c1-16(2,3)15-14(11-19-20-15)10-18-12-17(4-9-23-13-17)21-5-7-22-8-6-21/h11,18H,4-10,12-13H2,1-3H3,(H,19,20)/t17-/m1/s1. The Morgan fingerprint density at radius 1 is 1.39 bits per heavy atom. The average Bonchev–Trinajstić information content (AvgIpc) is 3.18. The van der Waals surface area contributed by atoms with Gasteiger partial charge in [-0.1, -0.05) is 20.8 Å². The highest BCUT2D eigenvalue weighted by atomic mass is 32.2. The molecule has 0 amide bonds. The van der Waals surface area contributed by atoms with E-state index in [1.165, 1.54) is 29.2 Å². The molecule has 0 saturated carbocycles. The SMILES string of the molecule is CC(C)(C)c1[nH]ncc1CNC[C@]1(N2CCOCC2)CCSC1. The van der Waals surface area contributed by atoms with Gasteiger partial charge in [0.2, 0.25) is 0 Å². The maximum absolute atomic E-state index is 5.54. The largest absolute Gasteiger partial charge is 0.379 e. The molecule has 2 fully saturated rings. The first kappa shape index (κ1) is 17.3. The molecule has 6 heteroatoms. The van der Waals surface area contributed by atoms with Crippen LogP contribution in [0.5, 0.6) is 0 Å². The highest BCUT2D eigenvalue weighted by Gasteiger charge is 2.40. The summed E-state index contributed by atoms with van der Waals surface area (Å²) in [7, 11) is 0. The summed E-state index contributed by atoms with van der Waals surface area (Å²) < 4.78 is 5.54. The van der Waals surface area contributed by atoms with E-state index in [1.54, 1.807) is 0 Å². The van der Waals surface area contributed by atoms with Crippen LogP contribution in [-0.4, -0.2) is 65.0 Å². The van der Waals surface area contributed by atoms with E-state index in [9.17, 15) is 0 Å². The van der Waals surface area contributed by atoms with E-state index in [-0.39, 0.29) is 5.41 Å². The molecule has 2 N–H and O–H groups in total. The van der Waals surface area contributed by atoms with Crippen LogP contribution in [0.2, 0.25) is 0 Å². The topological polar surface area (TPSA) is 53.2 Å². The minimum Gasteiger partial charge on any atom is -0.379 e. The van der Waals surface area contributed by atoms with Gasteiger partial charge in [0, 0.05) is 54.1 Å². The van der Waals surface area contributed by atoms with Gasteiger partial charge in [-0.05, 0) is 12.2 Å². The van der Waals surface area contributed by atoms with Gasteiger partial charge in [0.1, 0.15) is 0 Å². The van der Waals surface area contributed by atoms with Crippen molar-refractivity contribution < 1.29 is 4.74 Å². The Morgan fingerprint density at radius 3 is 2.83 bits per heavy atom. The first-order valence-corrected chi connectivity index (χ1v) is 9.81. The van der Waals surface area contributed by atoms with Crippen LogP contribution in [-0.2, 0) is 16.7 Å². The number of rotatable bonds is 5. The maximum atomic E-state index is 5.54. The second-order valence-corrected chi connectivity index (χ2v) is 8.86. The number of aromatic amines is 1. The molecular weight excluding hydrogens is 308 g/mol. The van der Waals surface area contributed by atoms with Gasteiger partial charge in [-0.3, -0.25) is 10.00 Å². The molecule has 5 nitrogen and oxygen atoms in total. The van der Waals surface area contributed by atoms with Crippen LogP contribution in [0.3, 0.4) is 0 Å². The normalized spacial score (nSPS) is 26.7. The molecule has 0 aromatic carbocycles. The third kappa shape index (κ3) is 3.92. The van der Waals surface area contributed by atoms with Crippen molar-refractivity contribution in [1.82, 2.24) is 20.4 Å². The molecule has 2 saturated heterocycles. The number of ether oxygens (including phenoxy) is 1. The third-order valence-corrected chi connectivity index (χ3v) is 6.24. The molecule has 0 bridgehead atoms. The molecule has 23 heavy (non-hydrogen) atoms. The Hall–Kier alpha value is -0.560. The molecular formula is C17H30N4OS. The molecule has 0 unspecified atom stereocenters. The van der Waals surface area contributed by atoms with Crippen molar-refractivity contribution >= 4 is 11.8 Å². The number of thioether (sulfide) groups is 1. The number of nitrogens with zero attached hydrogens (tertiary/aromatic N) is 2. The van der Waals surface area contributed by atoms with Crippen molar-refractivity contribution in [1.29, 1.82) is 0 Å². The second-order valence-electron chi connectivity index (χ2n) is 7.75. The minimum atomic E-state index is 0.110. The molecule has 1 atom stereocenters. The Labute approximate surface area is 143 Å². The number of hydrogen-bond acceptors (Lipinski definition) is 5. The monoisotopic (exact) mass is 338 g/mol. The van der Waals surface area contributed by atoms with E-state index in [0.717, 1.165) is 39.4 Å². The smallest absolute Gasteiger partial charge is 0.0594 e. The molecule has 1 aromatic rings. The third-order valence-electron chi connectivity index (χ3n) is 5.00. The van der Waals surface area contributed by atoms with Crippen LogP contribution in [0.15, 0.2) is 6.20 Å². The lowest BCUT2D eigenvalue weighted by Gasteiger charge is -2.43. The van der Waals surface area contributed by atoms with Crippen molar-refractivity contribution in [3.63, 3.8) is 0 Å². The quantitative estimate of drug-likeness (QED) is 0.860. The predicted molar refractivity (Wildman–Crippen MR) is 96.1 cm³/mol. The van der Waals surface area contributed by atoms with Gasteiger partial charge < -0.3 is 10.1 Å². The Kier molecular flexibility index (Phi) is 5.35. The number of morpholine rings is 1. The zero-order chi connectivity index (χ0) is 16.3. The van der Waals surface area contributed by atoms with Crippen molar-refractivity contribution in [2.45, 2.75) is 44.7 Å². The van der Waals surface area contributed by atoms with Crippen molar-refractivity contribution in [2.24, 2.45) is 0 Å².